The number of hydrogen-bond acceptors (Lipinski definition) is 6. The molecule has 32 heavy (non-hydrogen) atoms. The van der Waals surface area contributed by atoms with Gasteiger partial charge in [-0.05, 0) is 67.2 Å². The Hall–Kier alpha value is -3.82. The zero-order chi connectivity index (χ0) is 23.0. The number of amides is 2. The molecule has 1 fully saturated rings. The zero-order valence-corrected chi connectivity index (χ0v) is 18.1. The molecule has 3 aromatic rings. The summed E-state index contributed by atoms with van der Waals surface area (Å²) in [5.41, 5.74) is 1.51. The number of anilines is 1. The average molecular weight is 468 g/mol. The molecule has 2 heterocycles. The monoisotopic (exact) mass is 467 g/mol. The van der Waals surface area contributed by atoms with Crippen molar-refractivity contribution in [3.63, 3.8) is 0 Å². The number of non-ortho nitro benzene ring substituents is 1. The number of nitrogens with zero attached hydrogens (tertiary/aromatic N) is 2. The molecular weight excluding hydrogens is 454 g/mol. The minimum absolute atomic E-state index is 0.0492. The Morgan fingerprint density at radius 2 is 1.84 bits per heavy atom. The van der Waals surface area contributed by atoms with Gasteiger partial charge in [-0.1, -0.05) is 17.7 Å². The van der Waals surface area contributed by atoms with Crippen LogP contribution in [0.4, 0.5) is 11.4 Å². The molecule has 0 spiro atoms. The van der Waals surface area contributed by atoms with Crippen LogP contribution in [0.25, 0.3) is 17.4 Å². The molecule has 8 nitrogen and oxygen atoms in total. The number of nitro benzene ring substituents is 1. The summed E-state index contributed by atoms with van der Waals surface area (Å²) in [4.78, 5) is 37.3. The Labute approximate surface area is 192 Å². The number of rotatable bonds is 4. The van der Waals surface area contributed by atoms with Crippen LogP contribution in [0.5, 0.6) is 0 Å². The van der Waals surface area contributed by atoms with E-state index in [-0.39, 0.29) is 22.1 Å². The van der Waals surface area contributed by atoms with E-state index in [9.17, 15) is 19.7 Å². The van der Waals surface area contributed by atoms with E-state index in [2.05, 4.69) is 5.32 Å². The Morgan fingerprint density at radius 3 is 2.53 bits per heavy atom. The third kappa shape index (κ3) is 4.03. The number of carbonyl (C=O) groups is 2. The molecular formula is C22H14ClN3O5S. The molecule has 4 rings (SSSR count). The topological polar surface area (TPSA) is 106 Å². The van der Waals surface area contributed by atoms with E-state index < -0.39 is 16.7 Å². The summed E-state index contributed by atoms with van der Waals surface area (Å²) >= 11 is 11.1. The van der Waals surface area contributed by atoms with E-state index in [1.54, 1.807) is 49.4 Å². The van der Waals surface area contributed by atoms with Crippen molar-refractivity contribution in [2.75, 3.05) is 4.90 Å². The summed E-state index contributed by atoms with van der Waals surface area (Å²) in [6.07, 6.45) is 1.30. The van der Waals surface area contributed by atoms with Crippen LogP contribution in [0.3, 0.4) is 0 Å². The van der Waals surface area contributed by atoms with E-state index in [0.29, 0.717) is 22.0 Å². The Morgan fingerprint density at radius 1 is 1.12 bits per heavy atom. The van der Waals surface area contributed by atoms with Crippen molar-refractivity contribution >= 4 is 58.2 Å². The van der Waals surface area contributed by atoms with Crippen molar-refractivity contribution in [2.45, 2.75) is 6.92 Å². The first-order chi connectivity index (χ1) is 15.2. The fourth-order valence-electron chi connectivity index (χ4n) is 3.19. The molecule has 0 aliphatic carbocycles. The molecule has 1 N–H and O–H groups in total. The number of nitro groups is 1. The highest BCUT2D eigenvalue weighted by Gasteiger charge is 2.34. The molecule has 0 radical (unpaired) electrons. The number of thiocarbonyl (C=S) groups is 1. The summed E-state index contributed by atoms with van der Waals surface area (Å²) in [5.74, 6) is -0.680. The van der Waals surface area contributed by atoms with Gasteiger partial charge in [-0.2, -0.15) is 0 Å². The predicted molar refractivity (Wildman–Crippen MR) is 123 cm³/mol. The summed E-state index contributed by atoms with van der Waals surface area (Å²) in [6.45, 7) is 1.79. The van der Waals surface area contributed by atoms with Gasteiger partial charge in [-0.15, -0.1) is 0 Å². The highest BCUT2D eigenvalue weighted by Crippen LogP contribution is 2.30. The first-order valence-corrected chi connectivity index (χ1v) is 10.1. The molecule has 0 unspecified atom stereocenters. The van der Waals surface area contributed by atoms with Crippen LogP contribution in [0.2, 0.25) is 5.02 Å². The lowest BCUT2D eigenvalue weighted by Gasteiger charge is -2.28. The number of nitrogens with one attached hydrogen (secondary N) is 1. The summed E-state index contributed by atoms with van der Waals surface area (Å²) in [7, 11) is 0. The van der Waals surface area contributed by atoms with Crippen LogP contribution in [-0.2, 0) is 9.59 Å². The minimum Gasteiger partial charge on any atom is -0.457 e. The summed E-state index contributed by atoms with van der Waals surface area (Å²) in [6, 6.07) is 14.0. The normalized spacial score (nSPS) is 15.2. The minimum atomic E-state index is -0.658. The summed E-state index contributed by atoms with van der Waals surface area (Å²) < 4.78 is 5.77. The van der Waals surface area contributed by atoms with Crippen LogP contribution in [0.1, 0.15) is 11.3 Å². The quantitative estimate of drug-likeness (QED) is 0.197. The maximum absolute atomic E-state index is 13.0. The maximum Gasteiger partial charge on any atom is 0.270 e. The van der Waals surface area contributed by atoms with Crippen LogP contribution >= 0.6 is 23.8 Å². The van der Waals surface area contributed by atoms with Crippen molar-refractivity contribution in [3.8, 4) is 11.3 Å². The van der Waals surface area contributed by atoms with Crippen molar-refractivity contribution in [2.24, 2.45) is 0 Å². The van der Waals surface area contributed by atoms with Crippen molar-refractivity contribution in [3.05, 3.63) is 86.6 Å². The van der Waals surface area contributed by atoms with E-state index >= 15 is 0 Å². The van der Waals surface area contributed by atoms with E-state index in [1.165, 1.54) is 23.1 Å². The number of benzene rings is 2. The molecule has 0 atom stereocenters. The summed E-state index contributed by atoms with van der Waals surface area (Å²) in [5, 5.41) is 14.0. The molecule has 10 heteroatoms. The second-order valence-corrected chi connectivity index (χ2v) is 7.72. The lowest BCUT2D eigenvalue weighted by molar-refractivity contribution is -0.384. The molecule has 2 aromatic carbocycles. The van der Waals surface area contributed by atoms with Gasteiger partial charge < -0.3 is 4.42 Å². The molecule has 1 saturated heterocycles. The molecule has 0 saturated carbocycles. The largest absolute Gasteiger partial charge is 0.457 e. The van der Waals surface area contributed by atoms with Gasteiger partial charge in [0, 0.05) is 22.7 Å². The molecule has 1 aliphatic heterocycles. The second-order valence-electron chi connectivity index (χ2n) is 6.89. The third-order valence-corrected chi connectivity index (χ3v) is 5.33. The first-order valence-electron chi connectivity index (χ1n) is 9.27. The lowest BCUT2D eigenvalue weighted by atomic mass is 10.1. The van der Waals surface area contributed by atoms with Gasteiger partial charge in [0.05, 0.1) is 10.6 Å². The van der Waals surface area contributed by atoms with Gasteiger partial charge in [0.2, 0.25) is 0 Å². The number of hydrogen-bond donors (Lipinski definition) is 1. The number of carbonyl (C=O) groups excluding carboxylic acids is 2. The Kier molecular flexibility index (Phi) is 5.60. The van der Waals surface area contributed by atoms with E-state index in [0.717, 1.165) is 5.56 Å². The van der Waals surface area contributed by atoms with Crippen LogP contribution in [-0.4, -0.2) is 21.9 Å². The SMILES string of the molecule is Cc1ccc([N+](=O)[O-])cc1-c1ccc(/C=C2\C(=O)NC(=S)N(c3ccc(Cl)cc3)C2=O)o1. The fourth-order valence-corrected chi connectivity index (χ4v) is 3.60. The highest BCUT2D eigenvalue weighted by atomic mass is 35.5. The van der Waals surface area contributed by atoms with E-state index in [4.69, 9.17) is 28.2 Å². The molecule has 2 amide bonds. The van der Waals surface area contributed by atoms with Gasteiger partial charge in [0.25, 0.3) is 17.5 Å². The van der Waals surface area contributed by atoms with Gasteiger partial charge >= 0.3 is 0 Å². The van der Waals surface area contributed by atoms with Crippen molar-refractivity contribution < 1.29 is 18.9 Å². The fraction of sp³-hybridized carbons (Fsp3) is 0.0455. The smallest absolute Gasteiger partial charge is 0.270 e. The standard InChI is InChI=1S/C22H14ClN3O5S/c1-12-2-5-15(26(29)30)10-17(12)19-9-8-16(31-19)11-18-20(27)24-22(32)25(21(18)28)14-6-3-13(23)4-7-14/h2-11H,1H3,(H,24,27,32)/b18-11+. The third-order valence-electron chi connectivity index (χ3n) is 4.80. The molecule has 1 aromatic heterocycles. The highest BCUT2D eigenvalue weighted by molar-refractivity contribution is 7.80. The van der Waals surface area contributed by atoms with E-state index in [1.807, 2.05) is 0 Å². The predicted octanol–water partition coefficient (Wildman–Crippen LogP) is 4.65. The number of aryl methyl sites for hydroxylation is 1. The average Bonchev–Trinajstić information content (AvgIpc) is 3.21. The van der Waals surface area contributed by atoms with Gasteiger partial charge in [-0.3, -0.25) is 29.9 Å². The molecule has 0 bridgehead atoms. The van der Waals surface area contributed by atoms with Crippen molar-refractivity contribution in [1.82, 2.24) is 5.32 Å². The molecule has 1 aliphatic rings. The van der Waals surface area contributed by atoms with Crippen LogP contribution in [0.15, 0.2) is 64.6 Å². The van der Waals surface area contributed by atoms with Gasteiger partial charge in [0.15, 0.2) is 5.11 Å². The zero-order valence-electron chi connectivity index (χ0n) is 16.5. The van der Waals surface area contributed by atoms with Crippen LogP contribution < -0.4 is 10.2 Å². The Bertz CT molecular complexity index is 1310. The maximum atomic E-state index is 13.0. The second kappa shape index (κ2) is 8.37. The molecule has 160 valence electrons. The van der Waals surface area contributed by atoms with Crippen molar-refractivity contribution in [1.29, 1.82) is 0 Å². The number of halogens is 1. The number of furan rings is 1. The lowest BCUT2D eigenvalue weighted by Crippen LogP contribution is -2.54. The van der Waals surface area contributed by atoms with Gasteiger partial charge in [-0.25, -0.2) is 0 Å². The van der Waals surface area contributed by atoms with Crippen LogP contribution in [0, 0.1) is 17.0 Å². The Balaban J connectivity index is 1.69. The first kappa shape index (κ1) is 21.4. The van der Waals surface area contributed by atoms with Gasteiger partial charge in [0.1, 0.15) is 17.1 Å².